The van der Waals surface area contributed by atoms with Crippen molar-refractivity contribution in [1.82, 2.24) is 4.90 Å². The SMILES string of the molecule is CCCCCN1C(=O)C(=O)/C(=C(/O)c2ccc(OCC(C)C)c(C)c2)C1c1cccc(OCC)c1. The van der Waals surface area contributed by atoms with Gasteiger partial charge in [-0.05, 0) is 67.6 Å². The van der Waals surface area contributed by atoms with Crippen molar-refractivity contribution in [1.29, 1.82) is 0 Å². The number of hydrogen-bond acceptors (Lipinski definition) is 5. The average Bonchev–Trinajstić information content (AvgIpc) is 3.08. The minimum Gasteiger partial charge on any atom is -0.507 e. The van der Waals surface area contributed by atoms with Crippen molar-refractivity contribution in [2.75, 3.05) is 19.8 Å². The number of aryl methyl sites for hydroxylation is 1. The van der Waals surface area contributed by atoms with Crippen LogP contribution < -0.4 is 9.47 Å². The molecule has 1 fully saturated rings. The highest BCUT2D eigenvalue weighted by molar-refractivity contribution is 6.46. The summed E-state index contributed by atoms with van der Waals surface area (Å²) in [5.74, 6) is 0.361. The summed E-state index contributed by atoms with van der Waals surface area (Å²) in [4.78, 5) is 27.9. The second kappa shape index (κ2) is 11.9. The van der Waals surface area contributed by atoms with Gasteiger partial charge < -0.3 is 19.5 Å². The fraction of sp³-hybridized carbons (Fsp3) is 0.448. The summed E-state index contributed by atoms with van der Waals surface area (Å²) < 4.78 is 11.5. The number of benzene rings is 2. The third kappa shape index (κ3) is 6.05. The molecule has 1 unspecified atom stereocenters. The van der Waals surface area contributed by atoms with Gasteiger partial charge in [0.05, 0.1) is 24.8 Å². The van der Waals surface area contributed by atoms with Gasteiger partial charge in [-0.25, -0.2) is 0 Å². The minimum absolute atomic E-state index is 0.107. The van der Waals surface area contributed by atoms with Crippen LogP contribution in [0.2, 0.25) is 0 Å². The maximum Gasteiger partial charge on any atom is 0.295 e. The van der Waals surface area contributed by atoms with Gasteiger partial charge in [0.15, 0.2) is 0 Å². The maximum atomic E-state index is 13.2. The fourth-order valence-electron chi connectivity index (χ4n) is 4.30. The van der Waals surface area contributed by atoms with E-state index in [9.17, 15) is 14.7 Å². The van der Waals surface area contributed by atoms with E-state index in [2.05, 4.69) is 20.8 Å². The summed E-state index contributed by atoms with van der Waals surface area (Å²) in [6, 6.07) is 12.0. The molecule has 35 heavy (non-hydrogen) atoms. The van der Waals surface area contributed by atoms with Gasteiger partial charge >= 0.3 is 0 Å². The Morgan fingerprint density at radius 3 is 2.49 bits per heavy atom. The summed E-state index contributed by atoms with van der Waals surface area (Å²) in [6.07, 6.45) is 2.73. The first-order chi connectivity index (χ1) is 16.8. The van der Waals surface area contributed by atoms with Crippen molar-refractivity contribution in [3.05, 3.63) is 64.7 Å². The van der Waals surface area contributed by atoms with Crippen LogP contribution in [-0.4, -0.2) is 41.5 Å². The molecule has 6 nitrogen and oxygen atoms in total. The number of unbranched alkanes of at least 4 members (excludes halogenated alkanes) is 2. The van der Waals surface area contributed by atoms with Crippen LogP contribution in [0.25, 0.3) is 5.76 Å². The van der Waals surface area contributed by atoms with Crippen LogP contribution in [0.1, 0.15) is 69.7 Å². The number of aliphatic hydroxyl groups is 1. The molecule has 0 aliphatic carbocycles. The molecule has 1 atom stereocenters. The van der Waals surface area contributed by atoms with Gasteiger partial charge in [-0.1, -0.05) is 45.7 Å². The van der Waals surface area contributed by atoms with Crippen LogP contribution in [-0.2, 0) is 9.59 Å². The minimum atomic E-state index is -0.676. The van der Waals surface area contributed by atoms with Gasteiger partial charge in [-0.3, -0.25) is 9.59 Å². The van der Waals surface area contributed by atoms with Crippen LogP contribution >= 0.6 is 0 Å². The molecule has 0 spiro atoms. The lowest BCUT2D eigenvalue weighted by Crippen LogP contribution is -2.30. The van der Waals surface area contributed by atoms with E-state index in [1.165, 1.54) is 0 Å². The van der Waals surface area contributed by atoms with Crippen molar-refractivity contribution >= 4 is 17.4 Å². The van der Waals surface area contributed by atoms with E-state index in [0.717, 1.165) is 36.1 Å². The molecule has 0 radical (unpaired) electrons. The zero-order valence-corrected chi connectivity index (χ0v) is 21.5. The third-order valence-corrected chi connectivity index (χ3v) is 6.05. The summed E-state index contributed by atoms with van der Waals surface area (Å²) >= 11 is 0. The molecule has 2 aromatic rings. The van der Waals surface area contributed by atoms with Crippen LogP contribution in [0.15, 0.2) is 48.0 Å². The zero-order chi connectivity index (χ0) is 25.5. The van der Waals surface area contributed by atoms with Gasteiger partial charge in [-0.2, -0.15) is 0 Å². The first-order valence-electron chi connectivity index (χ1n) is 12.5. The van der Waals surface area contributed by atoms with Gasteiger partial charge in [0.2, 0.25) is 0 Å². The number of amides is 1. The Morgan fingerprint density at radius 2 is 1.83 bits per heavy atom. The van der Waals surface area contributed by atoms with E-state index in [1.807, 2.05) is 38.1 Å². The van der Waals surface area contributed by atoms with Crippen LogP contribution in [0.5, 0.6) is 11.5 Å². The Kier molecular flexibility index (Phi) is 8.96. The molecule has 1 aliphatic heterocycles. The number of ether oxygens (including phenoxy) is 2. The highest BCUT2D eigenvalue weighted by Crippen LogP contribution is 2.41. The van der Waals surface area contributed by atoms with Crippen molar-refractivity contribution in [3.8, 4) is 11.5 Å². The first-order valence-corrected chi connectivity index (χ1v) is 12.5. The van der Waals surface area contributed by atoms with Gasteiger partial charge in [0, 0.05) is 12.1 Å². The van der Waals surface area contributed by atoms with E-state index >= 15 is 0 Å². The molecule has 2 aromatic carbocycles. The predicted molar refractivity (Wildman–Crippen MR) is 138 cm³/mol. The number of likely N-dealkylation sites (tertiary alicyclic amines) is 1. The molecule has 1 saturated heterocycles. The fourth-order valence-corrected chi connectivity index (χ4v) is 4.30. The molecule has 1 heterocycles. The summed E-state index contributed by atoms with van der Waals surface area (Å²) in [5.41, 5.74) is 2.18. The Labute approximate surface area is 208 Å². The molecule has 1 N–H and O–H groups in total. The average molecular weight is 480 g/mol. The van der Waals surface area contributed by atoms with E-state index in [1.54, 1.807) is 23.1 Å². The molecule has 6 heteroatoms. The smallest absolute Gasteiger partial charge is 0.295 e. The monoisotopic (exact) mass is 479 g/mol. The Bertz CT molecular complexity index is 1090. The number of aliphatic hydroxyl groups excluding tert-OH is 1. The summed E-state index contributed by atoms with van der Waals surface area (Å²) in [6.45, 7) is 11.6. The quantitative estimate of drug-likeness (QED) is 0.184. The van der Waals surface area contributed by atoms with E-state index in [-0.39, 0.29) is 11.3 Å². The Morgan fingerprint density at radius 1 is 1.06 bits per heavy atom. The second-order valence-corrected chi connectivity index (χ2v) is 9.39. The van der Waals surface area contributed by atoms with Gasteiger partial charge in [0.1, 0.15) is 17.3 Å². The molecule has 0 bridgehead atoms. The number of ketones is 1. The van der Waals surface area contributed by atoms with Crippen molar-refractivity contribution in [2.45, 2.75) is 59.9 Å². The molecule has 0 aromatic heterocycles. The Balaban J connectivity index is 2.07. The lowest BCUT2D eigenvalue weighted by Gasteiger charge is -2.25. The van der Waals surface area contributed by atoms with Crippen LogP contribution in [0.3, 0.4) is 0 Å². The summed E-state index contributed by atoms with van der Waals surface area (Å²) in [7, 11) is 0. The maximum absolute atomic E-state index is 13.2. The van der Waals surface area contributed by atoms with E-state index in [4.69, 9.17) is 9.47 Å². The van der Waals surface area contributed by atoms with Crippen LogP contribution in [0.4, 0.5) is 0 Å². The largest absolute Gasteiger partial charge is 0.507 e. The van der Waals surface area contributed by atoms with Gasteiger partial charge in [0.25, 0.3) is 11.7 Å². The van der Waals surface area contributed by atoms with Crippen molar-refractivity contribution < 1.29 is 24.2 Å². The number of nitrogens with zero attached hydrogens (tertiary/aromatic N) is 1. The topological polar surface area (TPSA) is 76.1 Å². The Hall–Kier alpha value is -3.28. The highest BCUT2D eigenvalue weighted by Gasteiger charge is 2.45. The highest BCUT2D eigenvalue weighted by atomic mass is 16.5. The van der Waals surface area contributed by atoms with E-state index in [0.29, 0.717) is 37.0 Å². The van der Waals surface area contributed by atoms with Crippen molar-refractivity contribution in [2.24, 2.45) is 5.92 Å². The number of carbonyl (C=O) groups is 2. The predicted octanol–water partition coefficient (Wildman–Crippen LogP) is 6.04. The molecule has 188 valence electrons. The molecular weight excluding hydrogens is 442 g/mol. The lowest BCUT2D eigenvalue weighted by molar-refractivity contribution is -0.139. The standard InChI is InChI=1S/C29H37NO5/c1-6-8-9-15-30-26(21-11-10-12-23(17-21)34-7-2)25(28(32)29(30)33)27(31)22-13-14-24(20(5)16-22)35-18-19(3)4/h10-14,16-17,19,26,31H,6-9,15,18H2,1-5H3/b27-25+. The number of carbonyl (C=O) groups excluding carboxylic acids is 2. The molecule has 0 saturated carbocycles. The first kappa shape index (κ1) is 26.3. The third-order valence-electron chi connectivity index (χ3n) is 6.05. The van der Waals surface area contributed by atoms with Gasteiger partial charge in [-0.15, -0.1) is 0 Å². The molecule has 1 aliphatic rings. The number of hydrogen-bond donors (Lipinski definition) is 1. The molecule has 1 amide bonds. The lowest BCUT2D eigenvalue weighted by atomic mass is 9.94. The molecular formula is C29H37NO5. The van der Waals surface area contributed by atoms with Crippen molar-refractivity contribution in [3.63, 3.8) is 0 Å². The summed E-state index contributed by atoms with van der Waals surface area (Å²) in [5, 5.41) is 11.3. The zero-order valence-electron chi connectivity index (χ0n) is 21.5. The number of rotatable bonds is 11. The second-order valence-electron chi connectivity index (χ2n) is 9.39. The molecule has 3 rings (SSSR count). The normalized spacial score (nSPS) is 17.3. The van der Waals surface area contributed by atoms with E-state index < -0.39 is 17.7 Å². The number of Topliss-reactive ketones (excluding diaryl/α,β-unsaturated/α-hetero) is 1. The van der Waals surface area contributed by atoms with Crippen LogP contribution in [0, 0.1) is 12.8 Å².